The van der Waals surface area contributed by atoms with Gasteiger partial charge in [-0.05, 0) is 18.1 Å². The summed E-state index contributed by atoms with van der Waals surface area (Å²) in [4.78, 5) is 11.4. The highest BCUT2D eigenvalue weighted by atomic mass is 35.5. The lowest BCUT2D eigenvalue weighted by Crippen LogP contribution is -2.35. The highest BCUT2D eigenvalue weighted by molar-refractivity contribution is 6.31. The minimum atomic E-state index is -0.193. The first-order valence-electron chi connectivity index (χ1n) is 5.48. The third-order valence-corrected chi connectivity index (χ3v) is 2.58. The fourth-order valence-corrected chi connectivity index (χ4v) is 1.50. The van der Waals surface area contributed by atoms with E-state index in [9.17, 15) is 4.79 Å². The number of benzene rings is 1. The summed E-state index contributed by atoms with van der Waals surface area (Å²) in [6.45, 7) is 1.67. The molecule has 5 heteroatoms. The quantitative estimate of drug-likeness (QED) is 0.767. The standard InChI is InChI=1S/C12H17ClN2O2/c1-17-8-4-7-14-12(16)15-9-10-5-2-3-6-11(10)13/h2-3,5-6H,4,7-9H2,1H3,(H2,14,15,16). The molecule has 94 valence electrons. The Morgan fingerprint density at radius 2 is 2.12 bits per heavy atom. The second-order valence-electron chi connectivity index (χ2n) is 3.55. The van der Waals surface area contributed by atoms with Crippen molar-refractivity contribution in [1.29, 1.82) is 0 Å². The number of halogens is 1. The number of rotatable bonds is 6. The molecule has 0 atom stereocenters. The molecule has 0 aliphatic carbocycles. The van der Waals surface area contributed by atoms with Gasteiger partial charge in [0, 0.05) is 31.8 Å². The van der Waals surface area contributed by atoms with Gasteiger partial charge in [-0.25, -0.2) is 4.79 Å². The van der Waals surface area contributed by atoms with Crippen molar-refractivity contribution < 1.29 is 9.53 Å². The SMILES string of the molecule is COCCCNC(=O)NCc1ccccc1Cl. The van der Waals surface area contributed by atoms with Gasteiger partial charge in [0.05, 0.1) is 0 Å². The molecule has 0 heterocycles. The summed E-state index contributed by atoms with van der Waals surface area (Å²) in [6.07, 6.45) is 0.802. The Bertz CT molecular complexity index is 358. The summed E-state index contributed by atoms with van der Waals surface area (Å²) in [7, 11) is 1.64. The number of methoxy groups -OCH3 is 1. The molecule has 0 bridgehead atoms. The molecule has 0 aromatic heterocycles. The molecule has 0 radical (unpaired) electrons. The van der Waals surface area contributed by atoms with E-state index in [-0.39, 0.29) is 6.03 Å². The molecule has 2 amide bonds. The molecular formula is C12H17ClN2O2. The van der Waals surface area contributed by atoms with Crippen LogP contribution in [-0.2, 0) is 11.3 Å². The second kappa shape index (κ2) is 7.92. The van der Waals surface area contributed by atoms with Crippen LogP contribution in [0, 0.1) is 0 Å². The van der Waals surface area contributed by atoms with Gasteiger partial charge in [0.15, 0.2) is 0 Å². The third-order valence-electron chi connectivity index (χ3n) is 2.21. The van der Waals surface area contributed by atoms with Crippen molar-refractivity contribution in [1.82, 2.24) is 10.6 Å². The fraction of sp³-hybridized carbons (Fsp3) is 0.417. The number of carbonyl (C=O) groups is 1. The predicted molar refractivity (Wildman–Crippen MR) is 68.2 cm³/mol. The maximum Gasteiger partial charge on any atom is 0.315 e. The van der Waals surface area contributed by atoms with Crippen molar-refractivity contribution >= 4 is 17.6 Å². The largest absolute Gasteiger partial charge is 0.385 e. The van der Waals surface area contributed by atoms with E-state index in [4.69, 9.17) is 16.3 Å². The Morgan fingerprint density at radius 1 is 1.35 bits per heavy atom. The highest BCUT2D eigenvalue weighted by Gasteiger charge is 2.02. The number of carbonyl (C=O) groups excluding carboxylic acids is 1. The number of urea groups is 1. The van der Waals surface area contributed by atoms with Gasteiger partial charge in [0.25, 0.3) is 0 Å². The van der Waals surface area contributed by atoms with Crippen molar-refractivity contribution in [3.05, 3.63) is 34.9 Å². The van der Waals surface area contributed by atoms with Gasteiger partial charge in [-0.1, -0.05) is 29.8 Å². The van der Waals surface area contributed by atoms with Gasteiger partial charge < -0.3 is 15.4 Å². The lowest BCUT2D eigenvalue weighted by molar-refractivity contribution is 0.193. The van der Waals surface area contributed by atoms with E-state index in [0.717, 1.165) is 12.0 Å². The molecule has 1 rings (SSSR count). The number of ether oxygens (including phenoxy) is 1. The zero-order valence-corrected chi connectivity index (χ0v) is 10.6. The lowest BCUT2D eigenvalue weighted by Gasteiger charge is -2.08. The zero-order chi connectivity index (χ0) is 12.5. The molecular weight excluding hydrogens is 240 g/mol. The van der Waals surface area contributed by atoms with E-state index in [2.05, 4.69) is 10.6 Å². The molecule has 1 aromatic rings. The molecule has 0 saturated carbocycles. The van der Waals surface area contributed by atoms with Crippen LogP contribution in [0.15, 0.2) is 24.3 Å². The molecule has 1 aromatic carbocycles. The van der Waals surface area contributed by atoms with Crippen LogP contribution in [0.2, 0.25) is 5.02 Å². The molecule has 2 N–H and O–H groups in total. The molecule has 0 unspecified atom stereocenters. The first-order valence-corrected chi connectivity index (χ1v) is 5.86. The van der Waals surface area contributed by atoms with Crippen LogP contribution in [0.25, 0.3) is 0 Å². The summed E-state index contributed by atoms with van der Waals surface area (Å²) in [5, 5.41) is 6.13. The number of amides is 2. The van der Waals surface area contributed by atoms with Gasteiger partial charge >= 0.3 is 6.03 Å². The van der Waals surface area contributed by atoms with Crippen LogP contribution in [0.5, 0.6) is 0 Å². The lowest BCUT2D eigenvalue weighted by atomic mass is 10.2. The van der Waals surface area contributed by atoms with E-state index >= 15 is 0 Å². The van der Waals surface area contributed by atoms with E-state index in [1.807, 2.05) is 18.2 Å². The van der Waals surface area contributed by atoms with Crippen LogP contribution in [0.3, 0.4) is 0 Å². The Kier molecular flexibility index (Phi) is 6.43. The van der Waals surface area contributed by atoms with E-state index in [1.54, 1.807) is 13.2 Å². The molecule has 17 heavy (non-hydrogen) atoms. The van der Waals surface area contributed by atoms with Gasteiger partial charge in [0.2, 0.25) is 0 Å². The van der Waals surface area contributed by atoms with Crippen LogP contribution >= 0.6 is 11.6 Å². The first kappa shape index (κ1) is 13.8. The van der Waals surface area contributed by atoms with Crippen molar-refractivity contribution in [2.75, 3.05) is 20.3 Å². The van der Waals surface area contributed by atoms with E-state index in [1.165, 1.54) is 0 Å². The predicted octanol–water partition coefficient (Wildman–Crippen LogP) is 2.18. The fourth-order valence-electron chi connectivity index (χ4n) is 1.30. The van der Waals surface area contributed by atoms with Gasteiger partial charge in [-0.2, -0.15) is 0 Å². The van der Waals surface area contributed by atoms with Crippen LogP contribution in [0.4, 0.5) is 4.79 Å². The average molecular weight is 257 g/mol. The molecule has 0 aliphatic heterocycles. The first-order chi connectivity index (χ1) is 8.24. The number of hydrogen-bond acceptors (Lipinski definition) is 2. The average Bonchev–Trinajstić information content (AvgIpc) is 2.34. The topological polar surface area (TPSA) is 50.4 Å². The van der Waals surface area contributed by atoms with E-state index < -0.39 is 0 Å². The Balaban J connectivity index is 2.22. The summed E-state index contributed by atoms with van der Waals surface area (Å²) in [5.41, 5.74) is 0.904. The summed E-state index contributed by atoms with van der Waals surface area (Å²) in [6, 6.07) is 7.24. The van der Waals surface area contributed by atoms with Crippen LogP contribution < -0.4 is 10.6 Å². The molecule has 0 aliphatic rings. The second-order valence-corrected chi connectivity index (χ2v) is 3.95. The van der Waals surface area contributed by atoms with Crippen molar-refractivity contribution in [2.24, 2.45) is 0 Å². The number of hydrogen-bond donors (Lipinski definition) is 2. The Hall–Kier alpha value is -1.26. The molecule has 0 fully saturated rings. The molecule has 4 nitrogen and oxygen atoms in total. The van der Waals surface area contributed by atoms with Crippen molar-refractivity contribution in [3.63, 3.8) is 0 Å². The maximum atomic E-state index is 11.4. The normalized spacial score (nSPS) is 10.0. The van der Waals surface area contributed by atoms with Gasteiger partial charge in [-0.15, -0.1) is 0 Å². The van der Waals surface area contributed by atoms with Crippen LogP contribution in [-0.4, -0.2) is 26.3 Å². The summed E-state index contributed by atoms with van der Waals surface area (Å²) >= 11 is 5.97. The third kappa shape index (κ3) is 5.56. The van der Waals surface area contributed by atoms with E-state index in [0.29, 0.717) is 24.7 Å². The van der Waals surface area contributed by atoms with Crippen LogP contribution in [0.1, 0.15) is 12.0 Å². The minimum absolute atomic E-state index is 0.193. The minimum Gasteiger partial charge on any atom is -0.385 e. The zero-order valence-electron chi connectivity index (χ0n) is 9.83. The molecule has 0 saturated heterocycles. The Labute approximate surface area is 106 Å². The maximum absolute atomic E-state index is 11.4. The monoisotopic (exact) mass is 256 g/mol. The smallest absolute Gasteiger partial charge is 0.315 e. The van der Waals surface area contributed by atoms with Gasteiger partial charge in [-0.3, -0.25) is 0 Å². The van der Waals surface area contributed by atoms with Crippen molar-refractivity contribution in [3.8, 4) is 0 Å². The summed E-state index contributed by atoms with van der Waals surface area (Å²) in [5.74, 6) is 0. The summed E-state index contributed by atoms with van der Waals surface area (Å²) < 4.78 is 4.88. The number of nitrogens with one attached hydrogen (secondary N) is 2. The molecule has 0 spiro atoms. The Morgan fingerprint density at radius 3 is 2.82 bits per heavy atom. The van der Waals surface area contributed by atoms with Gasteiger partial charge in [0.1, 0.15) is 0 Å². The van der Waals surface area contributed by atoms with Crippen molar-refractivity contribution in [2.45, 2.75) is 13.0 Å². The highest BCUT2D eigenvalue weighted by Crippen LogP contribution is 2.13.